The van der Waals surface area contributed by atoms with Crippen molar-refractivity contribution in [3.8, 4) is 0 Å². The molecular weight excluding hydrogens is 288 g/mol. The Bertz CT molecular complexity index is 535. The van der Waals surface area contributed by atoms with E-state index in [4.69, 9.17) is 11.6 Å². The number of benzene rings is 1. The Morgan fingerprint density at radius 1 is 1.29 bits per heavy atom. The summed E-state index contributed by atoms with van der Waals surface area (Å²) >= 11 is 6.20. The Kier molecular flexibility index (Phi) is 4.20. The highest BCUT2D eigenvalue weighted by molar-refractivity contribution is 6.33. The Morgan fingerprint density at radius 3 is 2.71 bits per heavy atom. The van der Waals surface area contributed by atoms with Gasteiger partial charge < -0.3 is 10.0 Å². The molecule has 0 radical (unpaired) electrons. The van der Waals surface area contributed by atoms with Gasteiger partial charge in [0.25, 0.3) is 0 Å². The molecule has 1 aromatic rings. The first kappa shape index (κ1) is 14.8. The predicted octanol–water partition coefficient (Wildman–Crippen LogP) is 2.15. The van der Waals surface area contributed by atoms with Crippen molar-refractivity contribution in [1.82, 2.24) is 4.90 Å². The number of para-hydroxylation sites is 1. The number of anilines is 1. The van der Waals surface area contributed by atoms with E-state index >= 15 is 0 Å². The van der Waals surface area contributed by atoms with E-state index in [2.05, 4.69) is 4.90 Å². The summed E-state index contributed by atoms with van der Waals surface area (Å²) in [6.07, 6.45) is 1.50. The molecule has 21 heavy (non-hydrogen) atoms. The van der Waals surface area contributed by atoms with Crippen LogP contribution in [-0.4, -0.2) is 47.7 Å². The highest BCUT2D eigenvalue weighted by Gasteiger charge is 2.40. The third-order valence-electron chi connectivity index (χ3n) is 4.70. The molecule has 2 saturated heterocycles. The van der Waals surface area contributed by atoms with Crippen LogP contribution in [0.2, 0.25) is 5.02 Å². The molecule has 3 rings (SSSR count). The fourth-order valence-electron chi connectivity index (χ4n) is 3.41. The van der Waals surface area contributed by atoms with E-state index < -0.39 is 0 Å². The minimum atomic E-state index is -0.300. The molecule has 1 N–H and O–H groups in total. The van der Waals surface area contributed by atoms with Crippen molar-refractivity contribution in [2.24, 2.45) is 5.92 Å². The summed E-state index contributed by atoms with van der Waals surface area (Å²) < 4.78 is 0. The van der Waals surface area contributed by atoms with Gasteiger partial charge in [0.2, 0.25) is 5.91 Å². The fourth-order valence-corrected chi connectivity index (χ4v) is 3.64. The van der Waals surface area contributed by atoms with E-state index in [0.717, 1.165) is 31.6 Å². The van der Waals surface area contributed by atoms with Gasteiger partial charge in [-0.3, -0.25) is 9.69 Å². The zero-order valence-electron chi connectivity index (χ0n) is 12.2. The third kappa shape index (κ3) is 2.80. The van der Waals surface area contributed by atoms with Crippen molar-refractivity contribution in [1.29, 1.82) is 0 Å². The van der Waals surface area contributed by atoms with Gasteiger partial charge in [-0.05, 0) is 44.4 Å². The van der Waals surface area contributed by atoms with Gasteiger partial charge in [-0.1, -0.05) is 23.7 Å². The monoisotopic (exact) mass is 308 g/mol. The first-order valence-electron chi connectivity index (χ1n) is 7.56. The average Bonchev–Trinajstić information content (AvgIpc) is 3.06. The van der Waals surface area contributed by atoms with Crippen molar-refractivity contribution in [3.05, 3.63) is 29.3 Å². The molecule has 0 spiro atoms. The molecule has 5 heteroatoms. The largest absolute Gasteiger partial charge is 0.393 e. The molecule has 0 aliphatic carbocycles. The number of rotatable bonds is 3. The maximum atomic E-state index is 12.7. The molecule has 1 aromatic carbocycles. The van der Waals surface area contributed by atoms with Crippen molar-refractivity contribution >= 4 is 23.2 Å². The summed E-state index contributed by atoms with van der Waals surface area (Å²) in [5.74, 6) is 0.418. The first-order valence-corrected chi connectivity index (χ1v) is 7.93. The van der Waals surface area contributed by atoms with Crippen LogP contribution in [0.4, 0.5) is 5.69 Å². The smallest absolute Gasteiger partial charge is 0.244 e. The number of hydrogen-bond acceptors (Lipinski definition) is 3. The molecule has 0 aromatic heterocycles. The topological polar surface area (TPSA) is 43.8 Å². The van der Waals surface area contributed by atoms with Gasteiger partial charge in [0.1, 0.15) is 0 Å². The van der Waals surface area contributed by atoms with E-state index in [1.54, 1.807) is 4.90 Å². The van der Waals surface area contributed by atoms with Crippen LogP contribution in [0.3, 0.4) is 0 Å². The van der Waals surface area contributed by atoms with E-state index in [1.165, 1.54) is 0 Å². The SMILES string of the molecule is CC(O)C1CCN(C2CCN(c3ccccc3Cl)C2=O)C1. The lowest BCUT2D eigenvalue weighted by molar-refractivity contribution is -0.121. The second kappa shape index (κ2) is 5.95. The van der Waals surface area contributed by atoms with Crippen LogP contribution in [-0.2, 0) is 4.79 Å². The predicted molar refractivity (Wildman–Crippen MR) is 83.6 cm³/mol. The summed E-state index contributed by atoms with van der Waals surface area (Å²) in [6.45, 7) is 4.25. The number of aliphatic hydroxyl groups excluding tert-OH is 1. The highest BCUT2D eigenvalue weighted by atomic mass is 35.5. The molecular formula is C16H21ClN2O2. The molecule has 3 unspecified atom stereocenters. The number of carbonyl (C=O) groups excluding carboxylic acids is 1. The van der Waals surface area contributed by atoms with Gasteiger partial charge in [0.15, 0.2) is 0 Å². The zero-order valence-corrected chi connectivity index (χ0v) is 13.0. The van der Waals surface area contributed by atoms with Gasteiger partial charge in [-0.25, -0.2) is 0 Å². The number of hydrogen-bond donors (Lipinski definition) is 1. The minimum Gasteiger partial charge on any atom is -0.393 e. The van der Waals surface area contributed by atoms with Gasteiger partial charge in [-0.2, -0.15) is 0 Å². The zero-order chi connectivity index (χ0) is 15.0. The molecule has 4 nitrogen and oxygen atoms in total. The third-order valence-corrected chi connectivity index (χ3v) is 5.02. The second-order valence-electron chi connectivity index (χ2n) is 6.03. The lowest BCUT2D eigenvalue weighted by Crippen LogP contribution is -2.41. The molecule has 114 valence electrons. The summed E-state index contributed by atoms with van der Waals surface area (Å²) in [5, 5.41) is 10.3. The average molecular weight is 309 g/mol. The van der Waals surface area contributed by atoms with Crippen LogP contribution in [0.15, 0.2) is 24.3 Å². The van der Waals surface area contributed by atoms with Crippen molar-refractivity contribution in [2.45, 2.75) is 31.9 Å². The fraction of sp³-hybridized carbons (Fsp3) is 0.562. The molecule has 2 heterocycles. The highest BCUT2D eigenvalue weighted by Crippen LogP contribution is 2.32. The van der Waals surface area contributed by atoms with Crippen molar-refractivity contribution < 1.29 is 9.90 Å². The summed E-state index contributed by atoms with van der Waals surface area (Å²) in [4.78, 5) is 16.7. The lowest BCUT2D eigenvalue weighted by atomic mass is 10.0. The molecule has 3 atom stereocenters. The molecule has 1 amide bonds. The molecule has 2 aliphatic rings. The number of aliphatic hydroxyl groups is 1. The summed E-state index contributed by atoms with van der Waals surface area (Å²) in [5.41, 5.74) is 0.804. The van der Waals surface area contributed by atoms with E-state index in [1.807, 2.05) is 31.2 Å². The maximum absolute atomic E-state index is 12.7. The van der Waals surface area contributed by atoms with Crippen LogP contribution in [0.1, 0.15) is 19.8 Å². The van der Waals surface area contributed by atoms with Crippen molar-refractivity contribution in [2.75, 3.05) is 24.5 Å². The molecule has 0 bridgehead atoms. The van der Waals surface area contributed by atoms with Crippen molar-refractivity contribution in [3.63, 3.8) is 0 Å². The van der Waals surface area contributed by atoms with Crippen LogP contribution >= 0.6 is 11.6 Å². The minimum absolute atomic E-state index is 0.0648. The molecule has 2 aliphatic heterocycles. The van der Waals surface area contributed by atoms with Crippen LogP contribution < -0.4 is 4.90 Å². The van der Waals surface area contributed by atoms with E-state index in [0.29, 0.717) is 11.6 Å². The standard InChI is InChI=1S/C16H21ClN2O2/c1-11(20)12-6-8-18(10-12)15-7-9-19(16(15)21)14-5-3-2-4-13(14)17/h2-5,11-12,15,20H,6-10H2,1H3. The lowest BCUT2D eigenvalue weighted by Gasteiger charge is -2.24. The molecule has 0 saturated carbocycles. The van der Waals surface area contributed by atoms with E-state index in [-0.39, 0.29) is 24.0 Å². The Morgan fingerprint density at radius 2 is 2.05 bits per heavy atom. The Hall–Kier alpha value is -1.10. The van der Waals surface area contributed by atoms with Crippen LogP contribution in [0, 0.1) is 5.92 Å². The number of nitrogens with zero attached hydrogens (tertiary/aromatic N) is 2. The summed E-state index contributed by atoms with van der Waals surface area (Å²) in [6, 6.07) is 7.42. The number of halogens is 1. The quantitative estimate of drug-likeness (QED) is 0.930. The number of carbonyl (C=O) groups is 1. The maximum Gasteiger partial charge on any atom is 0.244 e. The number of amides is 1. The Labute approximate surface area is 130 Å². The first-order chi connectivity index (χ1) is 10.1. The Balaban J connectivity index is 1.72. The van der Waals surface area contributed by atoms with Crippen LogP contribution in [0.5, 0.6) is 0 Å². The van der Waals surface area contributed by atoms with Gasteiger partial charge in [-0.15, -0.1) is 0 Å². The number of likely N-dealkylation sites (tertiary alicyclic amines) is 1. The van der Waals surface area contributed by atoms with Gasteiger partial charge in [0, 0.05) is 13.1 Å². The second-order valence-corrected chi connectivity index (χ2v) is 6.44. The normalized spacial score (nSPS) is 28.3. The van der Waals surface area contributed by atoms with Gasteiger partial charge in [0.05, 0.1) is 22.9 Å². The summed E-state index contributed by atoms with van der Waals surface area (Å²) in [7, 11) is 0. The molecule has 2 fully saturated rings. The van der Waals surface area contributed by atoms with E-state index in [9.17, 15) is 9.90 Å². The van der Waals surface area contributed by atoms with Crippen LogP contribution in [0.25, 0.3) is 0 Å². The van der Waals surface area contributed by atoms with Gasteiger partial charge >= 0.3 is 0 Å².